The molecule has 0 spiro atoms. The first-order valence-electron chi connectivity index (χ1n) is 7.79. The largest absolute Gasteiger partial charge is 0.399 e. The fraction of sp³-hybridized carbons (Fsp3) is 0.333. The Kier molecular flexibility index (Phi) is 3.84. The summed E-state index contributed by atoms with van der Waals surface area (Å²) in [5.74, 6) is 0. The Labute approximate surface area is 132 Å². The van der Waals surface area contributed by atoms with Crippen LogP contribution in [0.1, 0.15) is 13.8 Å². The minimum absolute atomic E-state index is 0.442. The van der Waals surface area contributed by atoms with Gasteiger partial charge in [0.2, 0.25) is 0 Å². The van der Waals surface area contributed by atoms with Crippen LogP contribution in [0.4, 0.5) is 22.7 Å². The standard InChI is InChI=1S/C18H24N4/c1-13-11-22(18-9-5-16(20)6-10-18)14(2)12-21(13)17-7-3-15(19)4-8-17/h3-10,13-14H,11-12,19-20H2,1-2H3. The Bertz CT molecular complexity index is 563. The minimum atomic E-state index is 0.442. The van der Waals surface area contributed by atoms with Crippen molar-refractivity contribution >= 4 is 22.7 Å². The summed E-state index contributed by atoms with van der Waals surface area (Å²) < 4.78 is 0. The number of piperazine rings is 1. The molecule has 2 atom stereocenters. The topological polar surface area (TPSA) is 58.5 Å². The molecule has 3 rings (SSSR count). The molecule has 0 bridgehead atoms. The maximum absolute atomic E-state index is 5.79. The van der Waals surface area contributed by atoms with Gasteiger partial charge in [-0.15, -0.1) is 0 Å². The van der Waals surface area contributed by atoms with E-state index in [1.54, 1.807) is 0 Å². The molecule has 4 nitrogen and oxygen atoms in total. The third kappa shape index (κ3) is 2.82. The van der Waals surface area contributed by atoms with Crippen LogP contribution in [0.3, 0.4) is 0 Å². The molecule has 0 amide bonds. The highest BCUT2D eigenvalue weighted by molar-refractivity contribution is 5.58. The molecule has 2 unspecified atom stereocenters. The molecule has 1 aliphatic heterocycles. The molecule has 4 N–H and O–H groups in total. The smallest absolute Gasteiger partial charge is 0.0438 e. The van der Waals surface area contributed by atoms with E-state index < -0.39 is 0 Å². The number of hydrogen-bond acceptors (Lipinski definition) is 4. The molecule has 0 radical (unpaired) electrons. The van der Waals surface area contributed by atoms with Gasteiger partial charge in [-0.3, -0.25) is 0 Å². The highest BCUT2D eigenvalue weighted by atomic mass is 15.3. The molecule has 0 aliphatic carbocycles. The second-order valence-electron chi connectivity index (χ2n) is 6.19. The third-order valence-corrected chi connectivity index (χ3v) is 4.44. The van der Waals surface area contributed by atoms with Crippen LogP contribution in [-0.4, -0.2) is 25.2 Å². The van der Waals surface area contributed by atoms with E-state index in [1.165, 1.54) is 11.4 Å². The lowest BCUT2D eigenvalue weighted by Gasteiger charge is -2.46. The Morgan fingerprint density at radius 3 is 1.32 bits per heavy atom. The molecule has 4 heteroatoms. The molecule has 1 fully saturated rings. The normalized spacial score (nSPS) is 21.9. The fourth-order valence-electron chi connectivity index (χ4n) is 3.18. The van der Waals surface area contributed by atoms with Gasteiger partial charge in [0.05, 0.1) is 0 Å². The van der Waals surface area contributed by atoms with Crippen molar-refractivity contribution in [1.82, 2.24) is 0 Å². The highest BCUT2D eigenvalue weighted by Gasteiger charge is 2.29. The molecule has 1 saturated heterocycles. The lowest BCUT2D eigenvalue weighted by atomic mass is 10.1. The second-order valence-corrected chi connectivity index (χ2v) is 6.19. The molecular weight excluding hydrogens is 272 g/mol. The van der Waals surface area contributed by atoms with Gasteiger partial charge in [-0.05, 0) is 62.4 Å². The minimum Gasteiger partial charge on any atom is -0.399 e. The average molecular weight is 296 g/mol. The van der Waals surface area contributed by atoms with Crippen LogP contribution in [0.2, 0.25) is 0 Å². The van der Waals surface area contributed by atoms with Crippen LogP contribution in [0, 0.1) is 0 Å². The molecule has 2 aromatic carbocycles. The Morgan fingerprint density at radius 1 is 0.682 bits per heavy atom. The van der Waals surface area contributed by atoms with Crippen molar-refractivity contribution in [3.05, 3.63) is 48.5 Å². The summed E-state index contributed by atoms with van der Waals surface area (Å²) in [4.78, 5) is 4.91. The fourth-order valence-corrected chi connectivity index (χ4v) is 3.18. The zero-order valence-electron chi connectivity index (χ0n) is 13.2. The van der Waals surface area contributed by atoms with E-state index in [0.29, 0.717) is 12.1 Å². The van der Waals surface area contributed by atoms with Crippen LogP contribution >= 0.6 is 0 Å². The summed E-state index contributed by atoms with van der Waals surface area (Å²) in [7, 11) is 0. The van der Waals surface area contributed by atoms with Crippen molar-refractivity contribution in [1.29, 1.82) is 0 Å². The van der Waals surface area contributed by atoms with Crippen LogP contribution in [0.5, 0.6) is 0 Å². The molecule has 116 valence electrons. The number of anilines is 4. The van der Waals surface area contributed by atoms with Gasteiger partial charge in [-0.25, -0.2) is 0 Å². The van der Waals surface area contributed by atoms with E-state index in [9.17, 15) is 0 Å². The maximum Gasteiger partial charge on any atom is 0.0438 e. The summed E-state index contributed by atoms with van der Waals surface area (Å²) in [6.45, 7) is 6.53. The Morgan fingerprint density at radius 2 is 1.00 bits per heavy atom. The first kappa shape index (κ1) is 14.6. The summed E-state index contributed by atoms with van der Waals surface area (Å²) in [5.41, 5.74) is 15.7. The Balaban J connectivity index is 1.79. The average Bonchev–Trinajstić information content (AvgIpc) is 2.51. The van der Waals surface area contributed by atoms with Crippen LogP contribution in [-0.2, 0) is 0 Å². The number of benzene rings is 2. The number of nitrogen functional groups attached to an aromatic ring is 2. The quantitative estimate of drug-likeness (QED) is 0.837. The molecule has 1 heterocycles. The first-order valence-corrected chi connectivity index (χ1v) is 7.79. The number of nitrogens with zero attached hydrogens (tertiary/aromatic N) is 2. The molecule has 2 aromatic rings. The van der Waals surface area contributed by atoms with Gasteiger partial charge >= 0.3 is 0 Å². The summed E-state index contributed by atoms with van der Waals surface area (Å²) >= 11 is 0. The molecule has 1 aliphatic rings. The lowest BCUT2D eigenvalue weighted by molar-refractivity contribution is 0.481. The maximum atomic E-state index is 5.79. The van der Waals surface area contributed by atoms with Crippen molar-refractivity contribution in [3.8, 4) is 0 Å². The van der Waals surface area contributed by atoms with E-state index in [1.807, 2.05) is 24.3 Å². The zero-order chi connectivity index (χ0) is 15.7. The van der Waals surface area contributed by atoms with E-state index in [2.05, 4.69) is 47.9 Å². The summed E-state index contributed by atoms with van der Waals surface area (Å²) in [6.07, 6.45) is 0. The van der Waals surface area contributed by atoms with Gasteiger partial charge in [0.1, 0.15) is 0 Å². The van der Waals surface area contributed by atoms with Gasteiger partial charge in [0.25, 0.3) is 0 Å². The molecule has 22 heavy (non-hydrogen) atoms. The third-order valence-electron chi connectivity index (χ3n) is 4.44. The summed E-state index contributed by atoms with van der Waals surface area (Å²) in [5, 5.41) is 0. The summed E-state index contributed by atoms with van der Waals surface area (Å²) in [6, 6.07) is 17.2. The van der Waals surface area contributed by atoms with E-state index in [4.69, 9.17) is 11.5 Å². The van der Waals surface area contributed by atoms with Crippen molar-refractivity contribution in [2.45, 2.75) is 25.9 Å². The number of rotatable bonds is 2. The van der Waals surface area contributed by atoms with Crippen molar-refractivity contribution in [3.63, 3.8) is 0 Å². The Hall–Kier alpha value is -2.36. The van der Waals surface area contributed by atoms with E-state index in [0.717, 1.165) is 24.5 Å². The number of nitrogens with two attached hydrogens (primary N) is 2. The van der Waals surface area contributed by atoms with Crippen molar-refractivity contribution < 1.29 is 0 Å². The van der Waals surface area contributed by atoms with Gasteiger partial charge in [-0.1, -0.05) is 0 Å². The lowest BCUT2D eigenvalue weighted by Crippen LogP contribution is -2.56. The van der Waals surface area contributed by atoms with E-state index in [-0.39, 0.29) is 0 Å². The van der Waals surface area contributed by atoms with E-state index >= 15 is 0 Å². The predicted molar refractivity (Wildman–Crippen MR) is 95.3 cm³/mol. The van der Waals surface area contributed by atoms with Gasteiger partial charge in [0, 0.05) is 47.9 Å². The van der Waals surface area contributed by atoms with Crippen molar-refractivity contribution in [2.24, 2.45) is 0 Å². The van der Waals surface area contributed by atoms with Gasteiger partial charge in [-0.2, -0.15) is 0 Å². The van der Waals surface area contributed by atoms with Gasteiger partial charge < -0.3 is 21.3 Å². The van der Waals surface area contributed by atoms with Crippen LogP contribution < -0.4 is 21.3 Å². The molecular formula is C18H24N4. The van der Waals surface area contributed by atoms with Crippen LogP contribution in [0.25, 0.3) is 0 Å². The number of hydrogen-bond donors (Lipinski definition) is 2. The SMILES string of the molecule is CC1CN(c2ccc(N)cc2)C(C)CN1c1ccc(N)cc1. The van der Waals surface area contributed by atoms with Gasteiger partial charge in [0.15, 0.2) is 0 Å². The molecule has 0 aromatic heterocycles. The second kappa shape index (κ2) is 5.79. The predicted octanol–water partition coefficient (Wildman–Crippen LogP) is 2.95. The first-order chi connectivity index (χ1) is 10.5. The van der Waals surface area contributed by atoms with Crippen LogP contribution in [0.15, 0.2) is 48.5 Å². The van der Waals surface area contributed by atoms with Crippen molar-refractivity contribution in [2.75, 3.05) is 34.4 Å². The highest BCUT2D eigenvalue weighted by Crippen LogP contribution is 2.28. The monoisotopic (exact) mass is 296 g/mol. The zero-order valence-corrected chi connectivity index (χ0v) is 13.2. The molecule has 0 saturated carbocycles.